The molecule has 2 rings (SSSR count). The molecule has 0 bridgehead atoms. The number of halogens is 3. The SMILES string of the molecule is CNC(c1cnc(C(F)(F)F)s1)c1cccnc1C. The topological polar surface area (TPSA) is 37.8 Å². The highest BCUT2D eigenvalue weighted by Gasteiger charge is 2.35. The maximum Gasteiger partial charge on any atom is 0.443 e. The van der Waals surface area contributed by atoms with Crippen LogP contribution in [-0.4, -0.2) is 17.0 Å². The van der Waals surface area contributed by atoms with Gasteiger partial charge in [-0.2, -0.15) is 13.2 Å². The van der Waals surface area contributed by atoms with Gasteiger partial charge in [-0.05, 0) is 25.6 Å². The molecular formula is C12H12F3N3S. The van der Waals surface area contributed by atoms with E-state index in [-0.39, 0.29) is 6.04 Å². The van der Waals surface area contributed by atoms with Crippen LogP contribution in [-0.2, 0) is 6.18 Å². The second-order valence-corrected chi connectivity index (χ2v) is 5.03. The molecule has 0 saturated carbocycles. The molecule has 2 aromatic rings. The fourth-order valence-corrected chi connectivity index (χ4v) is 2.72. The molecule has 0 amide bonds. The molecule has 0 fully saturated rings. The second-order valence-electron chi connectivity index (χ2n) is 3.97. The molecule has 2 aromatic heterocycles. The minimum Gasteiger partial charge on any atom is -0.309 e. The monoisotopic (exact) mass is 287 g/mol. The van der Waals surface area contributed by atoms with Crippen molar-refractivity contribution in [2.24, 2.45) is 0 Å². The molecule has 102 valence electrons. The van der Waals surface area contributed by atoms with Crippen molar-refractivity contribution in [2.75, 3.05) is 7.05 Å². The van der Waals surface area contributed by atoms with Crippen LogP contribution in [0.3, 0.4) is 0 Å². The van der Waals surface area contributed by atoms with E-state index in [1.54, 1.807) is 19.3 Å². The average molecular weight is 287 g/mol. The minimum absolute atomic E-state index is 0.331. The molecule has 1 unspecified atom stereocenters. The van der Waals surface area contributed by atoms with Crippen molar-refractivity contribution in [2.45, 2.75) is 19.1 Å². The van der Waals surface area contributed by atoms with E-state index in [1.165, 1.54) is 6.20 Å². The number of aromatic nitrogens is 2. The smallest absolute Gasteiger partial charge is 0.309 e. The van der Waals surface area contributed by atoms with E-state index in [9.17, 15) is 13.2 Å². The third-order valence-corrected chi connectivity index (χ3v) is 3.81. The third-order valence-electron chi connectivity index (χ3n) is 2.70. The number of alkyl halides is 3. The van der Waals surface area contributed by atoms with Gasteiger partial charge in [0.05, 0.1) is 6.04 Å². The van der Waals surface area contributed by atoms with Gasteiger partial charge in [0, 0.05) is 23.0 Å². The fourth-order valence-electron chi connectivity index (χ4n) is 1.80. The van der Waals surface area contributed by atoms with Crippen molar-refractivity contribution in [3.63, 3.8) is 0 Å². The maximum absolute atomic E-state index is 12.6. The van der Waals surface area contributed by atoms with E-state index < -0.39 is 11.2 Å². The molecule has 0 radical (unpaired) electrons. The molecule has 0 saturated heterocycles. The highest BCUT2D eigenvalue weighted by Crippen LogP contribution is 2.36. The second kappa shape index (κ2) is 5.26. The van der Waals surface area contributed by atoms with Crippen molar-refractivity contribution >= 4 is 11.3 Å². The zero-order valence-electron chi connectivity index (χ0n) is 10.3. The molecule has 0 spiro atoms. The summed E-state index contributed by atoms with van der Waals surface area (Å²) >= 11 is 0.650. The Bertz CT molecular complexity index is 565. The highest BCUT2D eigenvalue weighted by molar-refractivity contribution is 7.11. The van der Waals surface area contributed by atoms with Crippen LogP contribution in [0.5, 0.6) is 0 Å². The van der Waals surface area contributed by atoms with Gasteiger partial charge in [-0.15, -0.1) is 11.3 Å². The van der Waals surface area contributed by atoms with Gasteiger partial charge in [-0.1, -0.05) is 6.07 Å². The van der Waals surface area contributed by atoms with Crippen LogP contribution in [0.2, 0.25) is 0 Å². The molecule has 7 heteroatoms. The molecular weight excluding hydrogens is 275 g/mol. The van der Waals surface area contributed by atoms with Crippen LogP contribution >= 0.6 is 11.3 Å². The first kappa shape index (κ1) is 14.0. The molecule has 3 nitrogen and oxygen atoms in total. The highest BCUT2D eigenvalue weighted by atomic mass is 32.1. The van der Waals surface area contributed by atoms with E-state index in [1.807, 2.05) is 13.0 Å². The Hall–Kier alpha value is -1.47. The summed E-state index contributed by atoms with van der Waals surface area (Å²) < 4.78 is 37.7. The average Bonchev–Trinajstić information content (AvgIpc) is 2.82. The zero-order valence-corrected chi connectivity index (χ0v) is 11.1. The molecule has 0 aliphatic heterocycles. The normalized spacial score (nSPS) is 13.5. The number of rotatable bonds is 3. The van der Waals surface area contributed by atoms with Crippen molar-refractivity contribution in [1.29, 1.82) is 0 Å². The molecule has 0 aliphatic carbocycles. The number of pyridine rings is 1. The van der Waals surface area contributed by atoms with Crippen LogP contribution < -0.4 is 5.32 Å². The van der Waals surface area contributed by atoms with Crippen LogP contribution in [0, 0.1) is 6.92 Å². The van der Waals surface area contributed by atoms with Gasteiger partial charge in [0.1, 0.15) is 0 Å². The Balaban J connectivity index is 2.38. The summed E-state index contributed by atoms with van der Waals surface area (Å²) in [5, 5.41) is 2.17. The number of nitrogens with zero attached hydrogens (tertiary/aromatic N) is 2. The molecule has 0 aromatic carbocycles. The van der Waals surface area contributed by atoms with Gasteiger partial charge >= 0.3 is 6.18 Å². The summed E-state index contributed by atoms with van der Waals surface area (Å²) in [7, 11) is 1.70. The maximum atomic E-state index is 12.6. The Morgan fingerprint density at radius 1 is 1.32 bits per heavy atom. The quantitative estimate of drug-likeness (QED) is 0.942. The number of aryl methyl sites for hydroxylation is 1. The first-order valence-electron chi connectivity index (χ1n) is 5.55. The molecule has 0 aliphatic rings. The number of hydrogen-bond donors (Lipinski definition) is 1. The van der Waals surface area contributed by atoms with E-state index in [0.717, 1.165) is 11.3 Å². The molecule has 19 heavy (non-hydrogen) atoms. The van der Waals surface area contributed by atoms with Crippen molar-refractivity contribution in [1.82, 2.24) is 15.3 Å². The summed E-state index contributed by atoms with van der Waals surface area (Å²) in [6.45, 7) is 1.82. The van der Waals surface area contributed by atoms with Gasteiger partial charge < -0.3 is 5.32 Å². The van der Waals surface area contributed by atoms with E-state index in [2.05, 4.69) is 15.3 Å². The largest absolute Gasteiger partial charge is 0.443 e. The Morgan fingerprint density at radius 2 is 2.05 bits per heavy atom. The standard InChI is InChI=1S/C12H12F3N3S/c1-7-8(4-3-5-17-7)10(16-2)9-6-18-11(19-9)12(13,14)15/h3-6,10,16H,1-2H3. The van der Waals surface area contributed by atoms with E-state index in [4.69, 9.17) is 0 Å². The van der Waals surface area contributed by atoms with E-state index >= 15 is 0 Å². The van der Waals surface area contributed by atoms with Gasteiger partial charge in [0.2, 0.25) is 0 Å². The van der Waals surface area contributed by atoms with Crippen molar-refractivity contribution in [3.8, 4) is 0 Å². The molecule has 1 N–H and O–H groups in total. The summed E-state index contributed by atoms with van der Waals surface area (Å²) in [5.41, 5.74) is 1.63. The Labute approximate surface area is 112 Å². The van der Waals surface area contributed by atoms with Gasteiger partial charge in [-0.25, -0.2) is 4.98 Å². The van der Waals surface area contributed by atoms with E-state index in [0.29, 0.717) is 16.2 Å². The van der Waals surface area contributed by atoms with Crippen molar-refractivity contribution in [3.05, 3.63) is 45.7 Å². The lowest BCUT2D eigenvalue weighted by Gasteiger charge is -2.16. The summed E-state index contributed by atoms with van der Waals surface area (Å²) in [4.78, 5) is 8.12. The number of thiazole rings is 1. The predicted molar refractivity (Wildman–Crippen MR) is 67.0 cm³/mol. The summed E-state index contributed by atoms with van der Waals surface area (Å²) in [5.74, 6) is 0. The first-order chi connectivity index (χ1) is 8.93. The zero-order chi connectivity index (χ0) is 14.0. The van der Waals surface area contributed by atoms with Crippen LogP contribution in [0.4, 0.5) is 13.2 Å². The minimum atomic E-state index is -4.40. The number of nitrogens with one attached hydrogen (secondary N) is 1. The predicted octanol–water partition coefficient (Wildman–Crippen LogP) is 3.17. The summed E-state index contributed by atoms with van der Waals surface area (Å²) in [6.07, 6.45) is -1.48. The third kappa shape index (κ3) is 2.93. The van der Waals surface area contributed by atoms with Gasteiger partial charge in [-0.3, -0.25) is 4.98 Å². The first-order valence-corrected chi connectivity index (χ1v) is 6.37. The lowest BCUT2D eigenvalue weighted by molar-refractivity contribution is -0.137. The lowest BCUT2D eigenvalue weighted by Crippen LogP contribution is -2.18. The van der Waals surface area contributed by atoms with Crippen molar-refractivity contribution < 1.29 is 13.2 Å². The fraction of sp³-hybridized carbons (Fsp3) is 0.333. The molecule has 1 atom stereocenters. The Kier molecular flexibility index (Phi) is 3.86. The lowest BCUT2D eigenvalue weighted by atomic mass is 10.1. The summed E-state index contributed by atoms with van der Waals surface area (Å²) in [6, 6.07) is 3.27. The van der Waals surface area contributed by atoms with Gasteiger partial charge in [0.25, 0.3) is 0 Å². The Morgan fingerprint density at radius 3 is 2.58 bits per heavy atom. The van der Waals surface area contributed by atoms with Crippen LogP contribution in [0.15, 0.2) is 24.5 Å². The van der Waals surface area contributed by atoms with Crippen LogP contribution in [0.1, 0.15) is 27.2 Å². The van der Waals surface area contributed by atoms with Crippen LogP contribution in [0.25, 0.3) is 0 Å². The van der Waals surface area contributed by atoms with Gasteiger partial charge in [0.15, 0.2) is 5.01 Å². The number of hydrogen-bond acceptors (Lipinski definition) is 4. The molecule has 2 heterocycles.